The molecular weight excluding hydrogens is 676 g/mol. The molecule has 0 aromatic rings. The summed E-state index contributed by atoms with van der Waals surface area (Å²) in [5.74, 6) is -1.79. The highest BCUT2D eigenvalue weighted by atomic mass is 16.7. The van der Waals surface area contributed by atoms with E-state index in [9.17, 15) is 40.2 Å². The second-order valence-corrected chi connectivity index (χ2v) is 18.4. The molecule has 1 heterocycles. The first-order valence-electron chi connectivity index (χ1n) is 19.0. The molecule has 4 saturated carbocycles. The van der Waals surface area contributed by atoms with Gasteiger partial charge >= 0.3 is 11.9 Å². The van der Waals surface area contributed by atoms with Crippen molar-refractivity contribution in [1.29, 1.82) is 0 Å². The van der Waals surface area contributed by atoms with Crippen LogP contribution in [-0.4, -0.2) is 126 Å². The van der Waals surface area contributed by atoms with Gasteiger partial charge in [0.25, 0.3) is 0 Å². The largest absolute Gasteiger partial charge is 0.468 e. The molecule has 0 radical (unpaired) electrons. The maximum absolute atomic E-state index is 14.2. The first kappa shape index (κ1) is 40.0. The Bertz CT molecular complexity index is 1420. The Hall–Kier alpha value is -1.68. The zero-order valence-electron chi connectivity index (χ0n) is 32.0. The zero-order chi connectivity index (χ0) is 38.4. The van der Waals surface area contributed by atoms with Crippen LogP contribution < -0.4 is 0 Å². The molecule has 0 aromatic heterocycles. The van der Waals surface area contributed by atoms with Crippen molar-refractivity contribution >= 4 is 11.9 Å². The van der Waals surface area contributed by atoms with Gasteiger partial charge in [-0.25, -0.2) is 0 Å². The molecule has 0 amide bonds. The number of aliphatic hydroxyl groups is 6. The average molecular weight is 739 g/mol. The van der Waals surface area contributed by atoms with Gasteiger partial charge < -0.3 is 54.3 Å². The Morgan fingerprint density at radius 3 is 2.12 bits per heavy atom. The molecule has 6 N–H and O–H groups in total. The Kier molecular flexibility index (Phi) is 10.4. The van der Waals surface area contributed by atoms with Crippen LogP contribution in [0.3, 0.4) is 0 Å². The van der Waals surface area contributed by atoms with E-state index in [2.05, 4.69) is 40.7 Å². The van der Waals surface area contributed by atoms with Gasteiger partial charge in [0.2, 0.25) is 0 Å². The number of allylic oxidation sites excluding steroid dienone is 2. The molecular formula is C39H62O13. The van der Waals surface area contributed by atoms with E-state index < -0.39 is 101 Å². The molecule has 16 atom stereocenters. The third kappa shape index (κ3) is 5.27. The molecule has 296 valence electrons. The van der Waals surface area contributed by atoms with Crippen molar-refractivity contribution in [2.45, 2.75) is 135 Å². The fourth-order valence-electron chi connectivity index (χ4n) is 12.9. The van der Waals surface area contributed by atoms with E-state index >= 15 is 0 Å². The van der Waals surface area contributed by atoms with Gasteiger partial charge in [-0.05, 0) is 90.8 Å². The van der Waals surface area contributed by atoms with E-state index in [4.69, 9.17) is 23.7 Å². The quantitative estimate of drug-likeness (QED) is 0.126. The number of carbonyl (C=O) groups excluding carboxylic acids is 2. The first-order valence-corrected chi connectivity index (χ1v) is 19.0. The highest BCUT2D eigenvalue weighted by molar-refractivity contribution is 5.80. The summed E-state index contributed by atoms with van der Waals surface area (Å²) in [7, 11) is 4.15. The molecule has 5 fully saturated rings. The minimum absolute atomic E-state index is 0.0331. The molecule has 16 unspecified atom stereocenters. The average Bonchev–Trinajstić information content (AvgIpc) is 3.11. The highest BCUT2D eigenvalue weighted by Crippen LogP contribution is 2.76. The van der Waals surface area contributed by atoms with Crippen molar-refractivity contribution in [3.63, 3.8) is 0 Å². The van der Waals surface area contributed by atoms with E-state index in [0.29, 0.717) is 38.5 Å². The molecule has 6 aliphatic rings. The summed E-state index contributed by atoms with van der Waals surface area (Å²) in [6.45, 7) is 9.80. The van der Waals surface area contributed by atoms with Crippen molar-refractivity contribution in [1.82, 2.24) is 0 Å². The molecule has 1 saturated heterocycles. The van der Waals surface area contributed by atoms with Crippen LogP contribution in [0.1, 0.15) is 86.0 Å². The number of rotatable bonds is 7. The molecule has 5 aliphatic carbocycles. The SMILES string of the molecule is COC(=O)C12CCC(C)(C)CC1C1=CCC3C4(C)CC(OC)C(OC5OC(CO)C(O)C(O)C5O)C(CO)(C(=O)OC)C4CCC3(C)C1(C)CC2O. The second kappa shape index (κ2) is 13.5. The lowest BCUT2D eigenvalue weighted by atomic mass is 9.33. The summed E-state index contributed by atoms with van der Waals surface area (Å²) in [6, 6.07) is 0. The summed E-state index contributed by atoms with van der Waals surface area (Å²) < 4.78 is 29.1. The number of hydrogen-bond donors (Lipinski definition) is 6. The number of ether oxygens (including phenoxy) is 5. The molecule has 0 aromatic carbocycles. The number of methoxy groups -OCH3 is 3. The summed E-state index contributed by atoms with van der Waals surface area (Å²) in [5, 5.41) is 65.4. The monoisotopic (exact) mass is 738 g/mol. The third-order valence-electron chi connectivity index (χ3n) is 15.9. The van der Waals surface area contributed by atoms with Crippen LogP contribution in [-0.2, 0) is 33.3 Å². The van der Waals surface area contributed by atoms with E-state index in [1.165, 1.54) is 26.9 Å². The summed E-state index contributed by atoms with van der Waals surface area (Å²) in [4.78, 5) is 27.9. The lowest BCUT2D eigenvalue weighted by molar-refractivity contribution is -0.345. The van der Waals surface area contributed by atoms with Gasteiger partial charge in [0, 0.05) is 7.11 Å². The van der Waals surface area contributed by atoms with Crippen molar-refractivity contribution in [3.05, 3.63) is 11.6 Å². The second-order valence-electron chi connectivity index (χ2n) is 18.4. The van der Waals surface area contributed by atoms with Crippen LogP contribution in [0.25, 0.3) is 0 Å². The van der Waals surface area contributed by atoms with E-state index in [1.54, 1.807) is 0 Å². The van der Waals surface area contributed by atoms with Gasteiger partial charge in [0.1, 0.15) is 41.3 Å². The first-order chi connectivity index (χ1) is 24.3. The summed E-state index contributed by atoms with van der Waals surface area (Å²) in [6.07, 6.45) is -3.80. The normalized spacial score (nSPS) is 51.1. The van der Waals surface area contributed by atoms with E-state index in [0.717, 1.165) is 12.8 Å². The molecule has 52 heavy (non-hydrogen) atoms. The number of fused-ring (bicyclic) bond motifs is 7. The van der Waals surface area contributed by atoms with Crippen LogP contribution in [0.5, 0.6) is 0 Å². The maximum Gasteiger partial charge on any atom is 0.317 e. The van der Waals surface area contributed by atoms with Crippen LogP contribution >= 0.6 is 0 Å². The molecule has 6 rings (SSSR count). The minimum Gasteiger partial charge on any atom is -0.468 e. The Balaban J connectivity index is 1.44. The molecule has 13 nitrogen and oxygen atoms in total. The Morgan fingerprint density at radius 2 is 1.52 bits per heavy atom. The predicted molar refractivity (Wildman–Crippen MR) is 185 cm³/mol. The van der Waals surface area contributed by atoms with E-state index in [-0.39, 0.29) is 23.2 Å². The van der Waals surface area contributed by atoms with Gasteiger partial charge in [-0.1, -0.05) is 46.3 Å². The van der Waals surface area contributed by atoms with Crippen molar-refractivity contribution < 1.29 is 63.9 Å². The van der Waals surface area contributed by atoms with Crippen molar-refractivity contribution in [3.8, 4) is 0 Å². The summed E-state index contributed by atoms with van der Waals surface area (Å²) >= 11 is 0. The van der Waals surface area contributed by atoms with Gasteiger partial charge in [0.05, 0.1) is 39.6 Å². The molecule has 0 spiro atoms. The van der Waals surface area contributed by atoms with Crippen molar-refractivity contribution in [2.75, 3.05) is 34.5 Å². The van der Waals surface area contributed by atoms with Crippen LogP contribution in [0, 0.1) is 50.2 Å². The number of esters is 2. The maximum atomic E-state index is 14.2. The molecule has 13 heteroatoms. The molecule has 1 aliphatic heterocycles. The van der Waals surface area contributed by atoms with Gasteiger partial charge in [-0.15, -0.1) is 0 Å². The number of hydrogen-bond acceptors (Lipinski definition) is 13. The van der Waals surface area contributed by atoms with E-state index in [1.807, 2.05) is 0 Å². The van der Waals surface area contributed by atoms with Crippen LogP contribution in [0.2, 0.25) is 0 Å². The lowest BCUT2D eigenvalue weighted by Gasteiger charge is -2.72. The van der Waals surface area contributed by atoms with Crippen molar-refractivity contribution in [2.24, 2.45) is 50.2 Å². The van der Waals surface area contributed by atoms with Gasteiger partial charge in [-0.2, -0.15) is 0 Å². The zero-order valence-corrected chi connectivity index (χ0v) is 32.0. The van der Waals surface area contributed by atoms with Crippen LogP contribution in [0.4, 0.5) is 0 Å². The fourth-order valence-corrected chi connectivity index (χ4v) is 12.9. The Morgan fingerprint density at radius 1 is 0.846 bits per heavy atom. The number of aliphatic hydroxyl groups excluding tert-OH is 6. The predicted octanol–water partition coefficient (Wildman–Crippen LogP) is 1.87. The lowest BCUT2D eigenvalue weighted by Crippen LogP contribution is -2.72. The third-order valence-corrected chi connectivity index (χ3v) is 15.9. The summed E-state index contributed by atoms with van der Waals surface area (Å²) in [5.41, 5.74) is -3.06. The topological polar surface area (TPSA) is 202 Å². The Labute approximate surface area is 307 Å². The highest BCUT2D eigenvalue weighted by Gasteiger charge is 2.75. The standard InChI is InChI=1S/C39H62O13/c1-34(2)13-14-38(32(46)49-7)21(15-34)20-9-10-24-35(3)16-22(48-6)30(52-31-29(45)28(44)27(43)23(18-40)51-31)39(19-41,33(47)50-8)25(35)11-12-36(24,4)37(20,5)17-26(38)42/h9,21-31,40-45H,10-19H2,1-8H3. The van der Waals surface area contributed by atoms with Gasteiger partial charge in [0.15, 0.2) is 6.29 Å². The van der Waals surface area contributed by atoms with Crippen LogP contribution in [0.15, 0.2) is 11.6 Å². The molecule has 0 bridgehead atoms. The number of carbonyl (C=O) groups is 2. The minimum atomic E-state index is -1.73. The smallest absolute Gasteiger partial charge is 0.317 e. The van der Waals surface area contributed by atoms with Gasteiger partial charge in [-0.3, -0.25) is 9.59 Å². The fraction of sp³-hybridized carbons (Fsp3) is 0.897.